The predicted octanol–water partition coefficient (Wildman–Crippen LogP) is 5.94. The van der Waals surface area contributed by atoms with Crippen LogP contribution in [0.15, 0.2) is 35.8 Å². The minimum atomic E-state index is -0.567. The van der Waals surface area contributed by atoms with Crippen LogP contribution in [0.1, 0.15) is 81.7 Å². The molecule has 2 aromatic heterocycles. The van der Waals surface area contributed by atoms with Gasteiger partial charge in [0.25, 0.3) is 0 Å². The highest BCUT2D eigenvalue weighted by molar-refractivity contribution is 7.10. The van der Waals surface area contributed by atoms with Gasteiger partial charge < -0.3 is 14.0 Å². The number of ether oxygens (including phenoxy) is 1. The summed E-state index contributed by atoms with van der Waals surface area (Å²) < 4.78 is 18.8. The van der Waals surface area contributed by atoms with Crippen LogP contribution in [0.25, 0.3) is 0 Å². The normalized spacial score (nSPS) is 28.8. The number of hydrogen-bond acceptors (Lipinski definition) is 7. The molecule has 0 N–H and O–H groups in total. The zero-order chi connectivity index (χ0) is 26.6. The van der Waals surface area contributed by atoms with Crippen molar-refractivity contribution in [3.63, 3.8) is 0 Å². The van der Waals surface area contributed by atoms with Crippen LogP contribution in [0.4, 0.5) is 0 Å². The molecule has 6 nitrogen and oxygen atoms in total. The summed E-state index contributed by atoms with van der Waals surface area (Å²) in [5, 5.41) is 2.00. The Morgan fingerprint density at radius 2 is 2.03 bits per heavy atom. The van der Waals surface area contributed by atoms with E-state index in [1.165, 1.54) is 6.42 Å². The molecule has 3 heterocycles. The molecule has 4 fully saturated rings. The van der Waals surface area contributed by atoms with Gasteiger partial charge in [0, 0.05) is 35.4 Å². The predicted molar refractivity (Wildman–Crippen MR) is 145 cm³/mol. The average Bonchev–Trinajstić information content (AvgIpc) is 3.44. The molecule has 1 saturated heterocycles. The van der Waals surface area contributed by atoms with E-state index >= 15 is 0 Å². The Labute approximate surface area is 224 Å². The fourth-order valence-corrected chi connectivity index (χ4v) is 7.19. The standard InChI is InChI=1S/C29H38BNO5S/c1-27(2,3)34-26(33)18-9-10-21(31-17-18)13-20(14-22(32)15-23-8-7-11-37-23)30-35-25-24-12-19(28(24,4)5)16-29(25,6)36-30/h7-11,17,19-20,24-25H,12-16H2,1-6H3/t19-,20-,24+,25?,29+/m1/s1. The minimum absolute atomic E-state index is 0.0508. The third kappa shape index (κ3) is 5.43. The first-order chi connectivity index (χ1) is 17.3. The molecule has 198 valence electrons. The maximum absolute atomic E-state index is 13.1. The number of hydrogen-bond donors (Lipinski definition) is 0. The van der Waals surface area contributed by atoms with Crippen molar-refractivity contribution in [1.29, 1.82) is 0 Å². The number of pyridine rings is 1. The van der Waals surface area contributed by atoms with E-state index in [0.29, 0.717) is 36.7 Å². The van der Waals surface area contributed by atoms with Gasteiger partial charge >= 0.3 is 13.1 Å². The van der Waals surface area contributed by atoms with Crippen LogP contribution in [0.3, 0.4) is 0 Å². The third-order valence-corrected chi connectivity index (χ3v) is 9.46. The Kier molecular flexibility index (Phi) is 6.91. The van der Waals surface area contributed by atoms with E-state index in [1.54, 1.807) is 23.6 Å². The van der Waals surface area contributed by atoms with Gasteiger partial charge in [-0.15, -0.1) is 11.3 Å². The first-order valence-corrected chi connectivity index (χ1v) is 14.3. The van der Waals surface area contributed by atoms with Gasteiger partial charge in [0.2, 0.25) is 0 Å². The molecule has 4 aliphatic rings. The van der Waals surface area contributed by atoms with E-state index in [0.717, 1.165) is 17.0 Å². The van der Waals surface area contributed by atoms with Crippen LogP contribution in [-0.2, 0) is 31.7 Å². The summed E-state index contributed by atoms with van der Waals surface area (Å²) in [5.74, 6) is 0.761. The maximum Gasteiger partial charge on any atom is 0.461 e. The van der Waals surface area contributed by atoms with E-state index in [4.69, 9.17) is 14.0 Å². The summed E-state index contributed by atoms with van der Waals surface area (Å²) in [7, 11) is -0.454. The van der Waals surface area contributed by atoms with Crippen molar-refractivity contribution in [2.45, 2.75) is 96.8 Å². The summed E-state index contributed by atoms with van der Waals surface area (Å²) in [6.45, 7) is 12.4. The summed E-state index contributed by atoms with van der Waals surface area (Å²) in [4.78, 5) is 31.2. The number of esters is 1. The van der Waals surface area contributed by atoms with Crippen molar-refractivity contribution >= 4 is 30.2 Å². The van der Waals surface area contributed by atoms with Crippen LogP contribution in [0, 0.1) is 17.3 Å². The van der Waals surface area contributed by atoms with Gasteiger partial charge in [0.1, 0.15) is 11.4 Å². The van der Waals surface area contributed by atoms with Gasteiger partial charge in [0.05, 0.1) is 17.3 Å². The Balaban J connectivity index is 1.32. The minimum Gasteiger partial charge on any atom is -0.456 e. The molecule has 0 radical (unpaired) electrons. The van der Waals surface area contributed by atoms with Crippen molar-refractivity contribution in [2.75, 3.05) is 0 Å². The number of thiophene rings is 1. The molecule has 0 aromatic carbocycles. The van der Waals surface area contributed by atoms with Crippen molar-refractivity contribution < 1.29 is 23.6 Å². The van der Waals surface area contributed by atoms with Gasteiger partial charge in [-0.3, -0.25) is 9.78 Å². The van der Waals surface area contributed by atoms with E-state index in [1.807, 2.05) is 44.4 Å². The Bertz CT molecular complexity index is 1140. The van der Waals surface area contributed by atoms with E-state index in [9.17, 15) is 9.59 Å². The van der Waals surface area contributed by atoms with Crippen molar-refractivity contribution in [3.05, 3.63) is 52.0 Å². The fraction of sp³-hybridized carbons (Fsp3) is 0.621. The number of ketones is 1. The zero-order valence-corrected chi connectivity index (χ0v) is 23.6. The van der Waals surface area contributed by atoms with Gasteiger partial charge in [-0.25, -0.2) is 4.79 Å². The summed E-state index contributed by atoms with van der Waals surface area (Å²) in [6.07, 6.45) is 5.12. The third-order valence-electron chi connectivity index (χ3n) is 8.59. The van der Waals surface area contributed by atoms with Crippen LogP contribution < -0.4 is 0 Å². The molecular formula is C29H38BNO5S. The topological polar surface area (TPSA) is 74.7 Å². The number of nitrogens with zero attached hydrogens (tertiary/aromatic N) is 1. The van der Waals surface area contributed by atoms with Crippen molar-refractivity contribution in [3.8, 4) is 0 Å². The molecule has 3 aliphatic carbocycles. The van der Waals surface area contributed by atoms with Gasteiger partial charge in [0.15, 0.2) is 0 Å². The van der Waals surface area contributed by atoms with Crippen molar-refractivity contribution in [1.82, 2.24) is 4.98 Å². The molecule has 3 saturated carbocycles. The number of carbonyl (C=O) groups is 2. The molecule has 6 rings (SSSR count). The van der Waals surface area contributed by atoms with Gasteiger partial charge in [-0.2, -0.15) is 0 Å². The number of aromatic nitrogens is 1. The number of rotatable bonds is 8. The molecule has 0 spiro atoms. The second-order valence-corrected chi connectivity index (χ2v) is 14.0. The highest BCUT2D eigenvalue weighted by atomic mass is 32.1. The summed E-state index contributed by atoms with van der Waals surface area (Å²) in [6, 6.07) is 7.57. The lowest BCUT2D eigenvalue weighted by Crippen LogP contribution is -2.63. The Hall–Kier alpha value is -2.03. The molecule has 5 atom stereocenters. The first kappa shape index (κ1) is 26.6. The van der Waals surface area contributed by atoms with Gasteiger partial charge in [-0.1, -0.05) is 19.9 Å². The van der Waals surface area contributed by atoms with Crippen LogP contribution in [0.5, 0.6) is 0 Å². The molecule has 0 amide bonds. The molecule has 37 heavy (non-hydrogen) atoms. The first-order valence-electron chi connectivity index (χ1n) is 13.4. The Morgan fingerprint density at radius 3 is 2.65 bits per heavy atom. The second-order valence-electron chi connectivity index (χ2n) is 12.9. The van der Waals surface area contributed by atoms with E-state index in [-0.39, 0.29) is 28.7 Å². The average molecular weight is 524 g/mol. The fourth-order valence-electron chi connectivity index (χ4n) is 6.45. The number of Topliss-reactive ketones (excluding diaryl/α,β-unsaturated/α-hetero) is 1. The molecule has 2 bridgehead atoms. The highest BCUT2D eigenvalue weighted by Gasteiger charge is 2.67. The van der Waals surface area contributed by atoms with Crippen LogP contribution in [-0.4, -0.2) is 41.2 Å². The van der Waals surface area contributed by atoms with E-state index < -0.39 is 18.7 Å². The van der Waals surface area contributed by atoms with Crippen LogP contribution in [0.2, 0.25) is 5.82 Å². The quantitative estimate of drug-likeness (QED) is 0.315. The smallest absolute Gasteiger partial charge is 0.456 e. The van der Waals surface area contributed by atoms with Gasteiger partial charge in [-0.05, 0) is 87.8 Å². The molecule has 8 heteroatoms. The lowest BCUT2D eigenvalue weighted by Gasteiger charge is -2.63. The molecule has 1 unspecified atom stereocenters. The zero-order valence-electron chi connectivity index (χ0n) is 22.8. The second kappa shape index (κ2) is 9.62. The monoisotopic (exact) mass is 523 g/mol. The van der Waals surface area contributed by atoms with Crippen LogP contribution >= 0.6 is 11.3 Å². The molecular weight excluding hydrogens is 485 g/mol. The largest absolute Gasteiger partial charge is 0.461 e. The molecule has 2 aromatic rings. The summed E-state index contributed by atoms with van der Waals surface area (Å²) >= 11 is 1.60. The lowest BCUT2D eigenvalue weighted by molar-refractivity contribution is -0.185. The molecule has 1 aliphatic heterocycles. The highest BCUT2D eigenvalue weighted by Crippen LogP contribution is 2.65. The maximum atomic E-state index is 13.1. The SMILES string of the molecule is CC(C)(C)OC(=O)c1ccc(C[C@H](CC(=O)Cc2cccs2)B2OC3[C@@H]4C[C@H](C[C@]3(C)O2)C4(C)C)nc1. The number of carbonyl (C=O) groups excluding carboxylic acids is 2. The lowest BCUT2D eigenvalue weighted by atomic mass is 9.45. The van der Waals surface area contributed by atoms with Crippen molar-refractivity contribution in [2.24, 2.45) is 17.3 Å². The Morgan fingerprint density at radius 1 is 1.24 bits per heavy atom. The van der Waals surface area contributed by atoms with E-state index in [2.05, 4.69) is 25.8 Å². The summed E-state index contributed by atoms with van der Waals surface area (Å²) in [5.41, 5.74) is 0.613.